The molecule has 0 aliphatic carbocycles. The molecule has 5 heteroatoms. The molecule has 1 N–H and O–H groups in total. The molecule has 1 aliphatic heterocycles. The van der Waals surface area contributed by atoms with Crippen LogP contribution >= 0.6 is 0 Å². The monoisotopic (exact) mass is 159 g/mol. The Hall–Kier alpha value is -1.26. The summed E-state index contributed by atoms with van der Waals surface area (Å²) in [6.07, 6.45) is -0.588. The smallest absolute Gasteiger partial charge is 0.410 e. The Balaban J connectivity index is 2.89. The van der Waals surface area contributed by atoms with E-state index in [9.17, 15) is 9.59 Å². The van der Waals surface area contributed by atoms with Gasteiger partial charge in [-0.05, 0) is 6.92 Å². The minimum atomic E-state index is -1.20. The fourth-order valence-corrected chi connectivity index (χ4v) is 0.803. The number of aliphatic carboxylic acids is 1. The van der Waals surface area contributed by atoms with Gasteiger partial charge in [-0.15, -0.1) is 0 Å². The second-order valence-corrected chi connectivity index (χ2v) is 2.69. The predicted octanol–water partition coefficient (Wildman–Crippen LogP) is -0.0883. The summed E-state index contributed by atoms with van der Waals surface area (Å²) in [5.74, 6) is -1.05. The molecule has 5 nitrogen and oxygen atoms in total. The number of carboxylic acid groups (broad SMARTS) is 1. The molecule has 62 valence electrons. The average molecular weight is 159 g/mol. The topological polar surface area (TPSA) is 66.8 Å². The minimum absolute atomic E-state index is 0.0856. The van der Waals surface area contributed by atoms with Gasteiger partial charge in [-0.1, -0.05) is 0 Å². The summed E-state index contributed by atoms with van der Waals surface area (Å²) in [4.78, 5) is 22.4. The number of cyclic esters (lactones) is 1. The van der Waals surface area contributed by atoms with Crippen LogP contribution in [0.15, 0.2) is 0 Å². The Morgan fingerprint density at radius 1 is 1.82 bits per heavy atom. The van der Waals surface area contributed by atoms with Gasteiger partial charge >= 0.3 is 12.1 Å². The Morgan fingerprint density at radius 2 is 2.36 bits per heavy atom. The molecule has 0 aromatic heterocycles. The zero-order valence-corrected chi connectivity index (χ0v) is 6.33. The Labute approximate surface area is 63.5 Å². The average Bonchev–Trinajstić information content (AvgIpc) is 2.18. The van der Waals surface area contributed by atoms with E-state index in [0.717, 1.165) is 4.90 Å². The number of likely N-dealkylation sites (N-methyl/N-ethyl adjacent to an activating group) is 1. The van der Waals surface area contributed by atoms with Crippen molar-refractivity contribution in [3.05, 3.63) is 0 Å². The molecule has 0 aromatic rings. The predicted molar refractivity (Wildman–Crippen MR) is 35.2 cm³/mol. The molecule has 0 spiro atoms. The third kappa shape index (κ3) is 0.923. The second kappa shape index (κ2) is 2.11. The number of ether oxygens (including phenoxy) is 1. The van der Waals surface area contributed by atoms with E-state index in [1.165, 1.54) is 14.0 Å². The maximum Gasteiger partial charge on any atom is 0.410 e. The first-order valence-electron chi connectivity index (χ1n) is 3.12. The van der Waals surface area contributed by atoms with Gasteiger partial charge in [-0.3, -0.25) is 4.90 Å². The molecule has 1 saturated heterocycles. The van der Waals surface area contributed by atoms with Crippen molar-refractivity contribution in [1.29, 1.82) is 0 Å². The van der Waals surface area contributed by atoms with E-state index >= 15 is 0 Å². The highest BCUT2D eigenvalue weighted by Gasteiger charge is 2.47. The van der Waals surface area contributed by atoms with Crippen LogP contribution in [0.1, 0.15) is 6.92 Å². The van der Waals surface area contributed by atoms with Crippen LogP contribution < -0.4 is 0 Å². The van der Waals surface area contributed by atoms with Gasteiger partial charge in [0.15, 0.2) is 5.54 Å². The second-order valence-electron chi connectivity index (χ2n) is 2.69. The number of amides is 1. The normalized spacial score (nSPS) is 30.4. The lowest BCUT2D eigenvalue weighted by Gasteiger charge is -2.22. The lowest BCUT2D eigenvalue weighted by atomic mass is 10.0. The molecule has 1 heterocycles. The third-order valence-electron chi connectivity index (χ3n) is 1.95. The molecular formula is C6H9NO4. The SMILES string of the molecule is CN1C(=O)OCC1(C)C(=O)O. The van der Waals surface area contributed by atoms with E-state index in [1.807, 2.05) is 0 Å². The van der Waals surface area contributed by atoms with E-state index < -0.39 is 17.6 Å². The first kappa shape index (κ1) is 7.84. The number of carbonyl (C=O) groups excluding carboxylic acids is 1. The number of rotatable bonds is 1. The molecule has 0 aromatic carbocycles. The van der Waals surface area contributed by atoms with Gasteiger partial charge in [-0.25, -0.2) is 9.59 Å². The van der Waals surface area contributed by atoms with Gasteiger partial charge in [0, 0.05) is 7.05 Å². The lowest BCUT2D eigenvalue weighted by molar-refractivity contribution is -0.146. The summed E-state index contributed by atoms with van der Waals surface area (Å²) in [6.45, 7) is 1.36. The summed E-state index contributed by atoms with van der Waals surface area (Å²) in [6, 6.07) is 0. The third-order valence-corrected chi connectivity index (χ3v) is 1.95. The molecule has 0 bridgehead atoms. The fourth-order valence-electron chi connectivity index (χ4n) is 0.803. The maximum atomic E-state index is 10.7. The quantitative estimate of drug-likeness (QED) is 0.580. The molecule has 1 atom stereocenters. The van der Waals surface area contributed by atoms with Crippen LogP contribution in [0.3, 0.4) is 0 Å². The molecule has 1 unspecified atom stereocenters. The zero-order chi connectivity index (χ0) is 8.65. The molecule has 11 heavy (non-hydrogen) atoms. The van der Waals surface area contributed by atoms with Gasteiger partial charge in [0.1, 0.15) is 6.61 Å². The Morgan fingerprint density at radius 3 is 2.55 bits per heavy atom. The van der Waals surface area contributed by atoms with Crippen molar-refractivity contribution in [2.75, 3.05) is 13.7 Å². The van der Waals surface area contributed by atoms with Crippen LogP contribution in [0.5, 0.6) is 0 Å². The van der Waals surface area contributed by atoms with Crippen molar-refractivity contribution in [3.8, 4) is 0 Å². The minimum Gasteiger partial charge on any atom is -0.479 e. The van der Waals surface area contributed by atoms with Gasteiger partial charge in [0.25, 0.3) is 0 Å². The maximum absolute atomic E-state index is 10.7. The van der Waals surface area contributed by atoms with E-state index in [-0.39, 0.29) is 6.61 Å². The van der Waals surface area contributed by atoms with Crippen molar-refractivity contribution >= 4 is 12.1 Å². The van der Waals surface area contributed by atoms with Crippen LogP contribution in [0, 0.1) is 0 Å². The molecule has 1 aliphatic rings. The number of carbonyl (C=O) groups is 2. The van der Waals surface area contributed by atoms with E-state index in [4.69, 9.17) is 5.11 Å². The largest absolute Gasteiger partial charge is 0.479 e. The van der Waals surface area contributed by atoms with Crippen LogP contribution in [-0.4, -0.2) is 41.3 Å². The van der Waals surface area contributed by atoms with Crippen molar-refractivity contribution in [3.63, 3.8) is 0 Å². The van der Waals surface area contributed by atoms with Crippen LogP contribution in [0.4, 0.5) is 4.79 Å². The molecule has 1 amide bonds. The standard InChI is InChI=1S/C6H9NO4/c1-6(4(8)9)3-11-5(10)7(6)2/h3H2,1-2H3,(H,8,9). The Kier molecular flexibility index (Phi) is 1.51. The van der Waals surface area contributed by atoms with Crippen LogP contribution in [0.25, 0.3) is 0 Å². The van der Waals surface area contributed by atoms with Crippen molar-refractivity contribution in [2.24, 2.45) is 0 Å². The van der Waals surface area contributed by atoms with Crippen molar-refractivity contribution < 1.29 is 19.4 Å². The summed E-state index contributed by atoms with van der Waals surface area (Å²) in [5.41, 5.74) is -1.20. The molecule has 1 rings (SSSR count). The van der Waals surface area contributed by atoms with Crippen molar-refractivity contribution in [2.45, 2.75) is 12.5 Å². The zero-order valence-electron chi connectivity index (χ0n) is 6.33. The van der Waals surface area contributed by atoms with Gasteiger partial charge in [-0.2, -0.15) is 0 Å². The molecule has 0 radical (unpaired) electrons. The number of hydrogen-bond acceptors (Lipinski definition) is 3. The van der Waals surface area contributed by atoms with E-state index in [2.05, 4.69) is 4.74 Å². The van der Waals surface area contributed by atoms with Gasteiger partial charge in [0.2, 0.25) is 0 Å². The highest BCUT2D eigenvalue weighted by atomic mass is 16.6. The highest BCUT2D eigenvalue weighted by molar-refractivity contribution is 5.86. The van der Waals surface area contributed by atoms with Crippen LogP contribution in [0.2, 0.25) is 0 Å². The Bertz CT molecular complexity index is 215. The van der Waals surface area contributed by atoms with Gasteiger partial charge in [0.05, 0.1) is 0 Å². The summed E-state index contributed by atoms with van der Waals surface area (Å²) < 4.78 is 4.55. The molecular weight excluding hydrogens is 150 g/mol. The number of hydrogen-bond donors (Lipinski definition) is 1. The van der Waals surface area contributed by atoms with E-state index in [0.29, 0.717) is 0 Å². The highest BCUT2D eigenvalue weighted by Crippen LogP contribution is 2.21. The molecule has 1 fully saturated rings. The van der Waals surface area contributed by atoms with E-state index in [1.54, 1.807) is 0 Å². The van der Waals surface area contributed by atoms with Crippen LogP contribution in [-0.2, 0) is 9.53 Å². The first-order chi connectivity index (χ1) is 4.98. The number of carboxylic acids is 1. The summed E-state index contributed by atoms with van der Waals surface area (Å²) >= 11 is 0. The van der Waals surface area contributed by atoms with Crippen molar-refractivity contribution in [1.82, 2.24) is 4.90 Å². The lowest BCUT2D eigenvalue weighted by Crippen LogP contribution is -2.48. The summed E-state index contributed by atoms with van der Waals surface area (Å²) in [5, 5.41) is 8.69. The number of nitrogens with zero attached hydrogens (tertiary/aromatic N) is 1. The van der Waals surface area contributed by atoms with Gasteiger partial charge < -0.3 is 9.84 Å². The molecule has 0 saturated carbocycles. The summed E-state index contributed by atoms with van der Waals surface area (Å²) in [7, 11) is 1.41. The first-order valence-corrected chi connectivity index (χ1v) is 3.12. The fraction of sp³-hybridized carbons (Fsp3) is 0.667.